The van der Waals surface area contributed by atoms with Crippen LogP contribution >= 0.6 is 0 Å². The van der Waals surface area contributed by atoms with E-state index in [-0.39, 0.29) is 0 Å². The molecule has 1 aromatic heterocycles. The first kappa shape index (κ1) is 24.0. The molecule has 0 aliphatic carbocycles. The molecule has 0 fully saturated rings. The van der Waals surface area contributed by atoms with Crippen molar-refractivity contribution in [3.05, 3.63) is 119 Å². The molecule has 0 spiro atoms. The zero-order valence-corrected chi connectivity index (χ0v) is 20.6. The summed E-state index contributed by atoms with van der Waals surface area (Å²) in [6.07, 6.45) is 0. The molecule has 5 aromatic rings. The minimum Gasteiger partial charge on any atom is -0.493 e. The second kappa shape index (κ2) is 10.9. The van der Waals surface area contributed by atoms with Gasteiger partial charge in [-0.1, -0.05) is 60.7 Å². The lowest BCUT2D eigenvalue weighted by Crippen LogP contribution is -2.06. The molecule has 37 heavy (non-hydrogen) atoms. The van der Waals surface area contributed by atoms with Gasteiger partial charge < -0.3 is 23.4 Å². The normalized spacial score (nSPS) is 10.8. The molecule has 0 saturated carbocycles. The van der Waals surface area contributed by atoms with E-state index in [0.29, 0.717) is 52.9 Å². The molecule has 0 atom stereocenters. The molecular weight excluding hydrogens is 468 g/mol. The minimum atomic E-state index is -0.495. The van der Waals surface area contributed by atoms with Crippen LogP contribution in [0, 0.1) is 0 Å². The quantitative estimate of drug-likeness (QED) is 0.214. The van der Waals surface area contributed by atoms with Crippen molar-refractivity contribution in [3.63, 3.8) is 0 Å². The van der Waals surface area contributed by atoms with Crippen LogP contribution in [0.3, 0.4) is 0 Å². The van der Waals surface area contributed by atoms with Gasteiger partial charge in [0.2, 0.25) is 5.75 Å². The summed E-state index contributed by atoms with van der Waals surface area (Å²) in [6.45, 7) is 0.735. The SMILES string of the molecule is COc1ccc(-c2cc3ccc(OCc4ccccc4)cc3oc2=O)c(OC)c1OCc1ccccc1. The van der Waals surface area contributed by atoms with E-state index in [0.717, 1.165) is 16.5 Å². The summed E-state index contributed by atoms with van der Waals surface area (Å²) >= 11 is 0. The van der Waals surface area contributed by atoms with Gasteiger partial charge in [0.1, 0.15) is 24.5 Å². The number of benzene rings is 4. The van der Waals surface area contributed by atoms with Crippen LogP contribution in [0.4, 0.5) is 0 Å². The maximum atomic E-state index is 13.1. The smallest absolute Gasteiger partial charge is 0.344 e. The van der Waals surface area contributed by atoms with Crippen LogP contribution in [0.1, 0.15) is 11.1 Å². The highest BCUT2D eigenvalue weighted by Gasteiger charge is 2.21. The Morgan fingerprint density at radius 3 is 1.97 bits per heavy atom. The lowest BCUT2D eigenvalue weighted by molar-refractivity contribution is 0.266. The van der Waals surface area contributed by atoms with Gasteiger partial charge in [0, 0.05) is 17.0 Å². The first-order valence-corrected chi connectivity index (χ1v) is 11.8. The third-order valence-electron chi connectivity index (χ3n) is 5.97. The van der Waals surface area contributed by atoms with Crippen LogP contribution in [0.2, 0.25) is 0 Å². The Bertz CT molecular complexity index is 1560. The van der Waals surface area contributed by atoms with Gasteiger partial charge in [0.25, 0.3) is 0 Å². The average Bonchev–Trinajstić information content (AvgIpc) is 2.95. The topological polar surface area (TPSA) is 67.1 Å². The van der Waals surface area contributed by atoms with Gasteiger partial charge in [-0.05, 0) is 41.5 Å². The zero-order chi connectivity index (χ0) is 25.6. The summed E-state index contributed by atoms with van der Waals surface area (Å²) in [5.74, 6) is 1.92. The van der Waals surface area contributed by atoms with Crippen molar-refractivity contribution in [2.24, 2.45) is 0 Å². The third kappa shape index (κ3) is 5.28. The molecule has 6 nitrogen and oxygen atoms in total. The van der Waals surface area contributed by atoms with E-state index >= 15 is 0 Å². The number of ether oxygens (including phenoxy) is 4. The largest absolute Gasteiger partial charge is 0.493 e. The number of methoxy groups -OCH3 is 2. The highest BCUT2D eigenvalue weighted by atomic mass is 16.5. The zero-order valence-electron chi connectivity index (χ0n) is 20.6. The molecule has 6 heteroatoms. The minimum absolute atomic E-state index is 0.315. The summed E-state index contributed by atoms with van der Waals surface area (Å²) in [5.41, 5.74) is 2.89. The fraction of sp³-hybridized carbons (Fsp3) is 0.129. The Labute approximate surface area is 214 Å². The van der Waals surface area contributed by atoms with Crippen molar-refractivity contribution in [2.45, 2.75) is 13.2 Å². The van der Waals surface area contributed by atoms with Crippen molar-refractivity contribution in [3.8, 4) is 34.1 Å². The van der Waals surface area contributed by atoms with Crippen molar-refractivity contribution in [2.75, 3.05) is 14.2 Å². The summed E-state index contributed by atoms with van der Waals surface area (Å²) in [6, 6.07) is 30.4. The van der Waals surface area contributed by atoms with Crippen LogP contribution in [0.25, 0.3) is 22.1 Å². The Hall–Kier alpha value is -4.71. The van der Waals surface area contributed by atoms with Crippen molar-refractivity contribution in [1.82, 2.24) is 0 Å². The summed E-state index contributed by atoms with van der Waals surface area (Å²) < 4.78 is 28.9. The molecule has 186 valence electrons. The monoisotopic (exact) mass is 494 g/mol. The number of fused-ring (bicyclic) bond motifs is 1. The maximum absolute atomic E-state index is 13.1. The van der Waals surface area contributed by atoms with Crippen LogP contribution in [0.5, 0.6) is 23.0 Å². The van der Waals surface area contributed by atoms with Crippen LogP contribution in [0.15, 0.2) is 106 Å². The van der Waals surface area contributed by atoms with Gasteiger partial charge >= 0.3 is 5.63 Å². The second-order valence-corrected chi connectivity index (χ2v) is 8.37. The maximum Gasteiger partial charge on any atom is 0.344 e. The van der Waals surface area contributed by atoms with Gasteiger partial charge in [-0.3, -0.25) is 0 Å². The first-order valence-electron chi connectivity index (χ1n) is 11.8. The lowest BCUT2D eigenvalue weighted by atomic mass is 10.0. The van der Waals surface area contributed by atoms with Gasteiger partial charge in [0.05, 0.1) is 19.8 Å². The van der Waals surface area contributed by atoms with Crippen LogP contribution in [-0.2, 0) is 13.2 Å². The summed E-state index contributed by atoms with van der Waals surface area (Å²) in [5, 5.41) is 0.756. The molecule has 4 aromatic carbocycles. The highest BCUT2D eigenvalue weighted by Crippen LogP contribution is 2.44. The molecule has 0 aliphatic heterocycles. The van der Waals surface area contributed by atoms with Gasteiger partial charge in [-0.25, -0.2) is 4.79 Å². The Morgan fingerprint density at radius 2 is 1.32 bits per heavy atom. The fourth-order valence-electron chi connectivity index (χ4n) is 4.10. The predicted molar refractivity (Wildman–Crippen MR) is 143 cm³/mol. The lowest BCUT2D eigenvalue weighted by Gasteiger charge is -2.17. The number of hydrogen-bond donors (Lipinski definition) is 0. The molecule has 0 bridgehead atoms. The molecule has 0 radical (unpaired) electrons. The summed E-state index contributed by atoms with van der Waals surface area (Å²) in [7, 11) is 3.10. The van der Waals surface area contributed by atoms with Crippen molar-refractivity contribution in [1.29, 1.82) is 0 Å². The fourth-order valence-corrected chi connectivity index (χ4v) is 4.10. The van der Waals surface area contributed by atoms with E-state index in [2.05, 4.69) is 0 Å². The molecule has 0 amide bonds. The molecule has 0 N–H and O–H groups in total. The van der Waals surface area contributed by atoms with E-state index in [4.69, 9.17) is 23.4 Å². The van der Waals surface area contributed by atoms with E-state index in [1.54, 1.807) is 31.4 Å². The molecular formula is C31H26O6. The van der Waals surface area contributed by atoms with E-state index in [9.17, 15) is 4.79 Å². The van der Waals surface area contributed by atoms with Crippen LogP contribution < -0.4 is 24.6 Å². The Balaban J connectivity index is 1.47. The predicted octanol–water partition coefficient (Wildman–Crippen LogP) is 6.64. The van der Waals surface area contributed by atoms with E-state index in [1.807, 2.05) is 72.8 Å². The number of hydrogen-bond acceptors (Lipinski definition) is 6. The Morgan fingerprint density at radius 1 is 0.649 bits per heavy atom. The van der Waals surface area contributed by atoms with Gasteiger partial charge in [-0.15, -0.1) is 0 Å². The van der Waals surface area contributed by atoms with Gasteiger partial charge in [-0.2, -0.15) is 0 Å². The number of rotatable bonds is 9. The first-order chi connectivity index (χ1) is 18.2. The van der Waals surface area contributed by atoms with Crippen molar-refractivity contribution >= 4 is 11.0 Å². The van der Waals surface area contributed by atoms with Gasteiger partial charge in [0.15, 0.2) is 11.5 Å². The molecule has 5 rings (SSSR count). The molecule has 0 saturated heterocycles. The second-order valence-electron chi connectivity index (χ2n) is 8.37. The average molecular weight is 495 g/mol. The van der Waals surface area contributed by atoms with Crippen LogP contribution in [-0.4, -0.2) is 14.2 Å². The standard InChI is InChI=1S/C31H26O6/c1-33-27-16-15-25(29(34-2)30(27)36-20-22-11-7-4-8-12-22)26-17-23-13-14-24(18-28(23)37-31(26)32)35-19-21-9-5-3-6-10-21/h3-18H,19-20H2,1-2H3. The van der Waals surface area contributed by atoms with E-state index in [1.165, 1.54) is 7.11 Å². The van der Waals surface area contributed by atoms with Crippen molar-refractivity contribution < 1.29 is 23.4 Å². The highest BCUT2D eigenvalue weighted by molar-refractivity contribution is 5.85. The Kier molecular flexibility index (Phi) is 7.08. The molecule has 0 aliphatic rings. The molecule has 1 heterocycles. The molecule has 0 unspecified atom stereocenters. The summed E-state index contributed by atoms with van der Waals surface area (Å²) in [4.78, 5) is 13.1. The third-order valence-corrected chi connectivity index (χ3v) is 5.97. The van der Waals surface area contributed by atoms with E-state index < -0.39 is 5.63 Å².